The second kappa shape index (κ2) is 7.35. The zero-order chi connectivity index (χ0) is 16.2. The summed E-state index contributed by atoms with van der Waals surface area (Å²) in [5.74, 6) is 1.35. The lowest BCUT2D eigenvalue weighted by atomic mass is 9.67. The van der Waals surface area contributed by atoms with Crippen LogP contribution >= 0.6 is 0 Å². The summed E-state index contributed by atoms with van der Waals surface area (Å²) in [5, 5.41) is 1.33. The van der Waals surface area contributed by atoms with Gasteiger partial charge in [0.2, 0.25) is 0 Å². The molecule has 1 heteroatoms. The van der Waals surface area contributed by atoms with Crippen LogP contribution in [0.4, 0.5) is 0 Å². The number of nitrogens with one attached hydrogen (secondary N) is 1. The van der Waals surface area contributed by atoms with E-state index in [-0.39, 0.29) is 0 Å². The van der Waals surface area contributed by atoms with Gasteiger partial charge in [0.15, 0.2) is 0 Å². The van der Waals surface area contributed by atoms with Gasteiger partial charge in [-0.05, 0) is 54.0 Å². The topological polar surface area (TPSA) is 15.8 Å². The molecule has 0 amide bonds. The van der Waals surface area contributed by atoms with Crippen molar-refractivity contribution in [2.75, 3.05) is 0 Å². The molecule has 0 saturated carbocycles. The number of fused-ring (bicyclic) bond motifs is 1. The molecule has 2 rings (SSSR count). The van der Waals surface area contributed by atoms with Crippen molar-refractivity contribution in [1.82, 2.24) is 4.98 Å². The van der Waals surface area contributed by atoms with Gasteiger partial charge in [0.05, 0.1) is 0 Å². The first-order valence-electron chi connectivity index (χ1n) is 8.90. The first-order chi connectivity index (χ1) is 10.5. The molecule has 22 heavy (non-hydrogen) atoms. The van der Waals surface area contributed by atoms with Crippen molar-refractivity contribution in [3.8, 4) is 0 Å². The van der Waals surface area contributed by atoms with Gasteiger partial charge in [-0.25, -0.2) is 0 Å². The van der Waals surface area contributed by atoms with Crippen molar-refractivity contribution in [3.63, 3.8) is 0 Å². The zero-order valence-electron chi connectivity index (χ0n) is 14.9. The number of rotatable bonds is 8. The van der Waals surface area contributed by atoms with E-state index in [9.17, 15) is 0 Å². The maximum Gasteiger partial charge on any atom is 0.0456 e. The van der Waals surface area contributed by atoms with Crippen molar-refractivity contribution in [1.29, 1.82) is 0 Å². The fourth-order valence-electron chi connectivity index (χ4n) is 3.63. The van der Waals surface area contributed by atoms with Crippen LogP contribution < -0.4 is 0 Å². The standard InChI is InChI=1S/C21H32N/c1-6-10-18(13-16(3)4)21(5,7-2)15-19-14-17-11-8-9-12-20(17)22-19/h8-9,11-14,16,18,22H,6-7,10,15H2,1-5H3. The first-order valence-corrected chi connectivity index (χ1v) is 8.90. The van der Waals surface area contributed by atoms with Gasteiger partial charge in [0, 0.05) is 11.2 Å². The van der Waals surface area contributed by atoms with Gasteiger partial charge >= 0.3 is 0 Å². The van der Waals surface area contributed by atoms with Crippen LogP contribution in [0.2, 0.25) is 0 Å². The second-order valence-electron chi connectivity index (χ2n) is 7.40. The Balaban J connectivity index is 2.23. The molecule has 1 aromatic heterocycles. The van der Waals surface area contributed by atoms with E-state index in [1.54, 1.807) is 0 Å². The molecule has 1 radical (unpaired) electrons. The minimum absolute atomic E-state index is 0.334. The Morgan fingerprint density at radius 2 is 1.91 bits per heavy atom. The molecule has 0 aliphatic heterocycles. The molecule has 121 valence electrons. The van der Waals surface area contributed by atoms with Crippen LogP contribution in [0.5, 0.6) is 0 Å². The van der Waals surface area contributed by atoms with Crippen LogP contribution in [-0.4, -0.2) is 4.98 Å². The van der Waals surface area contributed by atoms with E-state index in [1.807, 2.05) is 0 Å². The molecule has 2 aromatic rings. The average molecular weight is 298 g/mol. The Kier molecular flexibility index (Phi) is 5.72. The number of H-pyrrole nitrogens is 1. The van der Waals surface area contributed by atoms with Crippen molar-refractivity contribution >= 4 is 10.9 Å². The third-order valence-corrected chi connectivity index (χ3v) is 5.10. The summed E-state index contributed by atoms with van der Waals surface area (Å²) in [6.45, 7) is 11.7. The highest BCUT2D eigenvalue weighted by atomic mass is 14.7. The molecule has 1 heterocycles. The summed E-state index contributed by atoms with van der Waals surface area (Å²) in [4.78, 5) is 3.62. The first kappa shape index (κ1) is 17.1. The van der Waals surface area contributed by atoms with Crippen molar-refractivity contribution in [3.05, 3.63) is 42.4 Å². The van der Waals surface area contributed by atoms with Crippen LogP contribution in [-0.2, 0) is 6.42 Å². The molecule has 2 unspecified atom stereocenters. The lowest BCUT2D eigenvalue weighted by molar-refractivity contribution is 0.179. The predicted molar refractivity (Wildman–Crippen MR) is 97.9 cm³/mol. The van der Waals surface area contributed by atoms with E-state index in [0.29, 0.717) is 17.3 Å². The van der Waals surface area contributed by atoms with E-state index < -0.39 is 0 Å². The number of para-hydroxylation sites is 1. The smallest absolute Gasteiger partial charge is 0.0456 e. The summed E-state index contributed by atoms with van der Waals surface area (Å²) >= 11 is 0. The normalized spacial score (nSPS) is 16.1. The Labute approximate surface area is 136 Å². The number of benzene rings is 1. The maximum atomic E-state index is 3.62. The van der Waals surface area contributed by atoms with E-state index in [1.165, 1.54) is 35.9 Å². The summed E-state index contributed by atoms with van der Waals surface area (Å²) in [6, 6.07) is 10.9. The largest absolute Gasteiger partial charge is 0.358 e. The van der Waals surface area contributed by atoms with Crippen LogP contribution in [0.3, 0.4) is 0 Å². The third kappa shape index (κ3) is 3.94. The molecular formula is C21H32N. The quantitative estimate of drug-likeness (QED) is 0.580. The van der Waals surface area contributed by atoms with Gasteiger partial charge in [-0.1, -0.05) is 65.7 Å². The summed E-state index contributed by atoms with van der Waals surface area (Å²) in [7, 11) is 0. The highest BCUT2D eigenvalue weighted by Gasteiger charge is 2.33. The van der Waals surface area contributed by atoms with E-state index in [0.717, 1.165) is 6.42 Å². The molecule has 1 aromatic carbocycles. The molecule has 0 fully saturated rings. The number of aromatic amines is 1. The van der Waals surface area contributed by atoms with Crippen molar-refractivity contribution in [2.45, 2.75) is 60.3 Å². The summed E-state index contributed by atoms with van der Waals surface area (Å²) in [6.07, 6.45) is 7.48. The highest BCUT2D eigenvalue weighted by Crippen LogP contribution is 2.41. The van der Waals surface area contributed by atoms with Crippen molar-refractivity contribution in [2.24, 2.45) is 17.3 Å². The van der Waals surface area contributed by atoms with E-state index in [4.69, 9.17) is 0 Å². The van der Waals surface area contributed by atoms with Crippen molar-refractivity contribution < 1.29 is 0 Å². The molecule has 2 atom stereocenters. The molecule has 0 saturated heterocycles. The number of aromatic nitrogens is 1. The minimum Gasteiger partial charge on any atom is -0.358 e. The summed E-state index contributed by atoms with van der Waals surface area (Å²) < 4.78 is 0. The fraction of sp³-hybridized carbons (Fsp3) is 0.571. The lowest BCUT2D eigenvalue weighted by Gasteiger charge is -2.38. The predicted octanol–water partition coefficient (Wildman–Crippen LogP) is 6.40. The van der Waals surface area contributed by atoms with Gasteiger partial charge in [0.1, 0.15) is 0 Å². The molecule has 1 N–H and O–H groups in total. The van der Waals surface area contributed by atoms with E-state index >= 15 is 0 Å². The third-order valence-electron chi connectivity index (χ3n) is 5.10. The summed E-state index contributed by atoms with van der Waals surface area (Å²) in [5.41, 5.74) is 2.97. The van der Waals surface area contributed by atoms with Gasteiger partial charge < -0.3 is 4.98 Å². The van der Waals surface area contributed by atoms with Gasteiger partial charge in [-0.15, -0.1) is 0 Å². The monoisotopic (exact) mass is 298 g/mol. The Morgan fingerprint density at radius 3 is 2.50 bits per heavy atom. The van der Waals surface area contributed by atoms with Crippen LogP contribution in [0.15, 0.2) is 30.3 Å². The minimum atomic E-state index is 0.334. The maximum absolute atomic E-state index is 3.62. The Hall–Kier alpha value is -1.24. The molecule has 0 aliphatic carbocycles. The molecular weight excluding hydrogens is 266 g/mol. The Morgan fingerprint density at radius 1 is 1.18 bits per heavy atom. The zero-order valence-corrected chi connectivity index (χ0v) is 14.9. The molecule has 1 nitrogen and oxygen atoms in total. The van der Waals surface area contributed by atoms with Gasteiger partial charge in [-0.2, -0.15) is 0 Å². The van der Waals surface area contributed by atoms with E-state index in [2.05, 4.69) is 76.4 Å². The van der Waals surface area contributed by atoms with Gasteiger partial charge in [-0.3, -0.25) is 0 Å². The second-order valence-corrected chi connectivity index (χ2v) is 7.40. The molecule has 0 aliphatic rings. The number of hydrogen-bond donors (Lipinski definition) is 1. The average Bonchev–Trinajstić information content (AvgIpc) is 2.88. The van der Waals surface area contributed by atoms with Gasteiger partial charge in [0.25, 0.3) is 0 Å². The lowest BCUT2D eigenvalue weighted by Crippen LogP contribution is -2.31. The molecule has 0 bridgehead atoms. The fourth-order valence-corrected chi connectivity index (χ4v) is 3.63. The van der Waals surface area contributed by atoms with Crippen LogP contribution in [0, 0.1) is 23.7 Å². The van der Waals surface area contributed by atoms with Crippen LogP contribution in [0.1, 0.15) is 59.6 Å². The SMILES string of the molecule is CCCC([CH]C(C)C)C(C)(CC)Cc1cc2ccccc2[nH]1. The Bertz CT molecular complexity index is 547. The van der Waals surface area contributed by atoms with Crippen LogP contribution in [0.25, 0.3) is 10.9 Å². The number of hydrogen-bond acceptors (Lipinski definition) is 0. The highest BCUT2D eigenvalue weighted by molar-refractivity contribution is 5.80. The molecule has 0 spiro atoms.